The van der Waals surface area contributed by atoms with Gasteiger partial charge in [-0.2, -0.15) is 5.26 Å². The van der Waals surface area contributed by atoms with Crippen LogP contribution in [0.1, 0.15) is 78.2 Å². The molecule has 2 aromatic heterocycles. The van der Waals surface area contributed by atoms with Gasteiger partial charge in [0.05, 0.1) is 34.7 Å². The smallest absolute Gasteiger partial charge is 0.230 e. The topological polar surface area (TPSA) is 82.0 Å². The van der Waals surface area contributed by atoms with Gasteiger partial charge in [0.15, 0.2) is 5.75 Å². The number of hydrogen-bond donors (Lipinski definition) is 1. The van der Waals surface area contributed by atoms with Crippen molar-refractivity contribution in [3.05, 3.63) is 23.0 Å². The van der Waals surface area contributed by atoms with E-state index in [0.717, 1.165) is 36.6 Å². The highest BCUT2D eigenvalue weighted by molar-refractivity contribution is 6.37. The van der Waals surface area contributed by atoms with E-state index >= 15 is 0 Å². The number of carbonyl (C=O) groups is 1. The summed E-state index contributed by atoms with van der Waals surface area (Å²) in [6.45, 7) is 10.2. The molecule has 2 aliphatic rings. The Bertz CT molecular complexity index is 1050. The van der Waals surface area contributed by atoms with Crippen molar-refractivity contribution in [2.75, 3.05) is 0 Å². The summed E-state index contributed by atoms with van der Waals surface area (Å²) in [6, 6.07) is 2.58. The van der Waals surface area contributed by atoms with Crippen molar-refractivity contribution in [3.63, 3.8) is 0 Å². The van der Waals surface area contributed by atoms with E-state index in [1.54, 1.807) is 6.20 Å². The number of carbonyl (C=O) groups excluding carboxylic acids is 1. The predicted molar refractivity (Wildman–Crippen MR) is 126 cm³/mol. The van der Waals surface area contributed by atoms with Crippen molar-refractivity contribution in [3.8, 4) is 11.8 Å². The fraction of sp³-hybridized carbons (Fsp3) is 0.640. The molecule has 4 atom stereocenters. The van der Waals surface area contributed by atoms with Crippen molar-refractivity contribution in [2.45, 2.75) is 90.8 Å². The summed E-state index contributed by atoms with van der Waals surface area (Å²) in [5.41, 5.74) is 1.02. The largest absolute Gasteiger partial charge is 0.487 e. The van der Waals surface area contributed by atoms with Gasteiger partial charge >= 0.3 is 0 Å². The number of aromatic amines is 1. The number of amides is 1. The fourth-order valence-electron chi connectivity index (χ4n) is 5.15. The molecule has 4 rings (SSSR count). The molecule has 0 bridgehead atoms. The molecule has 2 aromatic rings. The van der Waals surface area contributed by atoms with Crippen LogP contribution in [0.2, 0.25) is 5.02 Å². The Hall–Kier alpha value is -2.26. The molecule has 1 amide bonds. The Labute approximate surface area is 195 Å². The predicted octanol–water partition coefficient (Wildman–Crippen LogP) is 5.82. The van der Waals surface area contributed by atoms with E-state index in [4.69, 9.17) is 16.3 Å². The van der Waals surface area contributed by atoms with Crippen molar-refractivity contribution >= 4 is 28.5 Å². The average molecular weight is 457 g/mol. The van der Waals surface area contributed by atoms with Crippen LogP contribution < -0.4 is 4.74 Å². The van der Waals surface area contributed by atoms with Crippen LogP contribution in [0, 0.1) is 22.7 Å². The quantitative estimate of drug-likeness (QED) is 0.593. The zero-order valence-electron chi connectivity index (χ0n) is 19.6. The molecule has 0 spiro atoms. The maximum atomic E-state index is 13.9. The molecule has 2 fully saturated rings. The number of fused-ring (bicyclic) bond motifs is 1. The van der Waals surface area contributed by atoms with E-state index in [2.05, 4.69) is 29.9 Å². The minimum Gasteiger partial charge on any atom is -0.487 e. The van der Waals surface area contributed by atoms with E-state index < -0.39 is 5.41 Å². The molecule has 6 nitrogen and oxygen atoms in total. The lowest BCUT2D eigenvalue weighted by molar-refractivity contribution is -0.140. The third-order valence-corrected chi connectivity index (χ3v) is 7.26. The highest BCUT2D eigenvalue weighted by atomic mass is 35.5. The number of pyridine rings is 1. The first-order valence-corrected chi connectivity index (χ1v) is 12.0. The number of hydrogen-bond acceptors (Lipinski definition) is 4. The number of H-pyrrole nitrogens is 1. The molecule has 1 saturated carbocycles. The average Bonchev–Trinajstić information content (AvgIpc) is 3.44. The molecule has 1 N–H and O–H groups in total. The Morgan fingerprint density at radius 3 is 2.78 bits per heavy atom. The summed E-state index contributed by atoms with van der Waals surface area (Å²) in [5.74, 6) is 0.796. The SMILES string of the molecule is CC1CC(C)N(C(=O)C(C)c2c[nH]c3ncc(OC4CC4)c(Cl)c23)C(CC(C)(C)C#N)C1. The first-order valence-electron chi connectivity index (χ1n) is 11.7. The Kier molecular flexibility index (Phi) is 6.15. The molecule has 1 saturated heterocycles. The van der Waals surface area contributed by atoms with Gasteiger partial charge in [-0.1, -0.05) is 18.5 Å². The van der Waals surface area contributed by atoms with E-state index in [0.29, 0.717) is 28.8 Å². The molecule has 0 aromatic carbocycles. The van der Waals surface area contributed by atoms with Gasteiger partial charge in [0, 0.05) is 23.7 Å². The molecule has 4 unspecified atom stereocenters. The number of aromatic nitrogens is 2. The minimum absolute atomic E-state index is 0.0471. The second-order valence-corrected chi connectivity index (χ2v) is 10.8. The van der Waals surface area contributed by atoms with Gasteiger partial charge in [0.1, 0.15) is 5.65 Å². The van der Waals surface area contributed by atoms with Crippen LogP contribution in [0.15, 0.2) is 12.4 Å². The van der Waals surface area contributed by atoms with E-state index in [-0.39, 0.29) is 30.0 Å². The number of likely N-dealkylation sites (tertiary alicyclic amines) is 1. The van der Waals surface area contributed by atoms with E-state index in [1.807, 2.05) is 31.9 Å². The van der Waals surface area contributed by atoms with Crippen LogP contribution in [0.3, 0.4) is 0 Å². The van der Waals surface area contributed by atoms with Gasteiger partial charge in [-0.3, -0.25) is 4.79 Å². The summed E-state index contributed by atoms with van der Waals surface area (Å²) >= 11 is 6.73. The number of halogens is 1. The zero-order chi connectivity index (χ0) is 23.2. The van der Waals surface area contributed by atoms with Crippen LogP contribution in [-0.2, 0) is 4.79 Å². The molecule has 0 radical (unpaired) electrons. The highest BCUT2D eigenvalue weighted by Crippen LogP contribution is 2.41. The molecule has 172 valence electrons. The van der Waals surface area contributed by atoms with Crippen molar-refractivity contribution in [1.29, 1.82) is 5.26 Å². The molecule has 3 heterocycles. The van der Waals surface area contributed by atoms with Gasteiger partial charge in [0.25, 0.3) is 0 Å². The number of piperidine rings is 1. The lowest BCUT2D eigenvalue weighted by atomic mass is 9.78. The molecule has 7 heteroatoms. The lowest BCUT2D eigenvalue weighted by Gasteiger charge is -2.46. The second kappa shape index (κ2) is 8.59. The normalized spacial score (nSPS) is 24.9. The fourth-order valence-corrected chi connectivity index (χ4v) is 5.44. The van der Waals surface area contributed by atoms with Crippen molar-refractivity contribution in [2.24, 2.45) is 11.3 Å². The third-order valence-electron chi connectivity index (χ3n) is 6.88. The van der Waals surface area contributed by atoms with Crippen molar-refractivity contribution in [1.82, 2.24) is 14.9 Å². The Morgan fingerprint density at radius 2 is 2.12 bits per heavy atom. The monoisotopic (exact) mass is 456 g/mol. The van der Waals surface area contributed by atoms with Gasteiger partial charge < -0.3 is 14.6 Å². The molecule has 1 aliphatic heterocycles. The van der Waals surface area contributed by atoms with Crippen LogP contribution in [-0.4, -0.2) is 39.0 Å². The first-order chi connectivity index (χ1) is 15.1. The maximum Gasteiger partial charge on any atom is 0.230 e. The summed E-state index contributed by atoms with van der Waals surface area (Å²) in [5, 5.41) is 10.9. The van der Waals surface area contributed by atoms with Crippen LogP contribution in [0.25, 0.3) is 11.0 Å². The number of nitrogens with zero attached hydrogens (tertiary/aromatic N) is 3. The van der Waals surface area contributed by atoms with Gasteiger partial charge in [-0.05, 0) is 71.3 Å². The molecular formula is C25H33ClN4O2. The van der Waals surface area contributed by atoms with Crippen LogP contribution in [0.5, 0.6) is 5.75 Å². The van der Waals surface area contributed by atoms with Crippen molar-refractivity contribution < 1.29 is 9.53 Å². The second-order valence-electron chi connectivity index (χ2n) is 10.5. The third kappa shape index (κ3) is 4.45. The number of rotatable bonds is 6. The number of ether oxygens (including phenoxy) is 1. The van der Waals surface area contributed by atoms with E-state index in [9.17, 15) is 10.1 Å². The first kappa shape index (κ1) is 22.9. The van der Waals surface area contributed by atoms with Crippen LogP contribution >= 0.6 is 11.6 Å². The van der Waals surface area contributed by atoms with E-state index in [1.165, 1.54) is 0 Å². The summed E-state index contributed by atoms with van der Waals surface area (Å²) in [7, 11) is 0. The van der Waals surface area contributed by atoms with Gasteiger partial charge in [0.2, 0.25) is 5.91 Å². The van der Waals surface area contributed by atoms with Gasteiger partial charge in [-0.25, -0.2) is 4.98 Å². The minimum atomic E-state index is -0.480. The summed E-state index contributed by atoms with van der Waals surface area (Å²) in [6.07, 6.45) is 8.35. The maximum absolute atomic E-state index is 13.9. The number of nitrogens with one attached hydrogen (secondary N) is 1. The Balaban J connectivity index is 1.65. The molecule has 1 aliphatic carbocycles. The van der Waals surface area contributed by atoms with Gasteiger partial charge in [-0.15, -0.1) is 0 Å². The van der Waals surface area contributed by atoms with Crippen LogP contribution in [0.4, 0.5) is 0 Å². The highest BCUT2D eigenvalue weighted by Gasteiger charge is 2.40. The standard InChI is InChI=1S/C25H33ClN4O2/c1-14-8-15(2)30(17(9-14)10-25(4,5)13-27)24(31)16(3)19-11-28-23-21(19)22(26)20(12-29-23)32-18-6-7-18/h11-12,14-18H,6-10H2,1-5H3,(H,28,29). The molecule has 32 heavy (non-hydrogen) atoms. The Morgan fingerprint density at radius 1 is 1.41 bits per heavy atom. The summed E-state index contributed by atoms with van der Waals surface area (Å²) in [4.78, 5) is 23.5. The zero-order valence-corrected chi connectivity index (χ0v) is 20.4. The molecular weight excluding hydrogens is 424 g/mol. The lowest BCUT2D eigenvalue weighted by Crippen LogP contribution is -2.53. The number of nitriles is 1. The summed E-state index contributed by atoms with van der Waals surface area (Å²) < 4.78 is 5.92.